The predicted octanol–water partition coefficient (Wildman–Crippen LogP) is 3.16. The zero-order valence-corrected chi connectivity index (χ0v) is 15.9. The summed E-state index contributed by atoms with van der Waals surface area (Å²) in [5.41, 5.74) is 2.09. The third-order valence-corrected chi connectivity index (χ3v) is 5.04. The molecule has 1 atom stereocenters. The summed E-state index contributed by atoms with van der Waals surface area (Å²) in [6.45, 7) is 3.46. The average molecular weight is 381 g/mol. The number of aromatic nitrogens is 4. The fourth-order valence-corrected chi connectivity index (χ4v) is 3.58. The van der Waals surface area contributed by atoms with Gasteiger partial charge in [0, 0.05) is 37.4 Å². The van der Waals surface area contributed by atoms with Gasteiger partial charge in [-0.05, 0) is 32.3 Å². The van der Waals surface area contributed by atoms with Gasteiger partial charge in [0.05, 0.1) is 0 Å². The van der Waals surface area contributed by atoms with Crippen molar-refractivity contribution < 1.29 is 13.8 Å². The molecule has 3 aromatic rings. The van der Waals surface area contributed by atoms with Gasteiger partial charge in [0.15, 0.2) is 5.82 Å². The molecule has 1 aliphatic heterocycles. The van der Waals surface area contributed by atoms with Crippen molar-refractivity contribution in [3.8, 4) is 11.4 Å². The average Bonchev–Trinajstić information content (AvgIpc) is 3.40. The summed E-state index contributed by atoms with van der Waals surface area (Å²) in [4.78, 5) is 23.0. The van der Waals surface area contributed by atoms with Gasteiger partial charge in [0.25, 0.3) is 0 Å². The van der Waals surface area contributed by atoms with Crippen molar-refractivity contribution >= 4 is 5.91 Å². The molecule has 1 fully saturated rings. The maximum atomic E-state index is 12.6. The van der Waals surface area contributed by atoms with Gasteiger partial charge >= 0.3 is 0 Å². The van der Waals surface area contributed by atoms with Crippen LogP contribution in [0.1, 0.15) is 48.9 Å². The molecule has 0 bridgehead atoms. The van der Waals surface area contributed by atoms with Crippen molar-refractivity contribution in [1.82, 2.24) is 25.2 Å². The molecule has 1 aromatic carbocycles. The van der Waals surface area contributed by atoms with E-state index in [0.29, 0.717) is 43.3 Å². The number of carbonyl (C=O) groups is 1. The monoisotopic (exact) mass is 381 g/mol. The fourth-order valence-electron chi connectivity index (χ4n) is 3.58. The molecule has 3 heterocycles. The Labute approximate surface area is 162 Å². The SMILES string of the molecule is Cc1cccc(-c2noc(CCCC(=O)N3CCC[C@H](c4ncon4)C3)n2)c1. The van der Waals surface area contributed by atoms with E-state index in [1.807, 2.05) is 36.1 Å². The van der Waals surface area contributed by atoms with Gasteiger partial charge in [-0.15, -0.1) is 0 Å². The summed E-state index contributed by atoms with van der Waals surface area (Å²) >= 11 is 0. The van der Waals surface area contributed by atoms with E-state index in [1.54, 1.807) is 0 Å². The third-order valence-electron chi connectivity index (χ3n) is 5.04. The van der Waals surface area contributed by atoms with Gasteiger partial charge in [-0.25, -0.2) is 0 Å². The van der Waals surface area contributed by atoms with Crippen LogP contribution < -0.4 is 0 Å². The molecule has 0 aliphatic carbocycles. The first-order chi connectivity index (χ1) is 13.7. The van der Waals surface area contributed by atoms with Crippen LogP contribution in [0.25, 0.3) is 11.4 Å². The Balaban J connectivity index is 1.27. The number of aryl methyl sites for hydroxylation is 2. The highest BCUT2D eigenvalue weighted by Gasteiger charge is 2.27. The van der Waals surface area contributed by atoms with Gasteiger partial charge in [-0.2, -0.15) is 9.97 Å². The van der Waals surface area contributed by atoms with Crippen LogP contribution in [0.4, 0.5) is 0 Å². The summed E-state index contributed by atoms with van der Waals surface area (Å²) in [6, 6.07) is 7.98. The predicted molar refractivity (Wildman–Crippen MR) is 100 cm³/mol. The molecule has 146 valence electrons. The van der Waals surface area contributed by atoms with Crippen LogP contribution >= 0.6 is 0 Å². The lowest BCUT2D eigenvalue weighted by Gasteiger charge is -2.31. The standard InChI is InChI=1S/C20H23N5O3/c1-14-5-2-6-15(11-14)20-22-17(28-24-20)8-3-9-18(26)25-10-4-7-16(12-25)19-21-13-27-23-19/h2,5-6,11,13,16H,3-4,7-10,12H2,1H3/t16-/m0/s1. The number of hydrogen-bond donors (Lipinski definition) is 0. The molecule has 2 aromatic heterocycles. The molecule has 0 saturated carbocycles. The van der Waals surface area contributed by atoms with E-state index < -0.39 is 0 Å². The zero-order chi connectivity index (χ0) is 19.3. The van der Waals surface area contributed by atoms with Gasteiger partial charge in [-0.1, -0.05) is 34.1 Å². The highest BCUT2D eigenvalue weighted by Crippen LogP contribution is 2.25. The van der Waals surface area contributed by atoms with Gasteiger partial charge in [0.1, 0.15) is 0 Å². The number of likely N-dealkylation sites (tertiary alicyclic amines) is 1. The Hall–Kier alpha value is -3.03. The molecule has 8 heteroatoms. The minimum absolute atomic E-state index is 0.145. The van der Waals surface area contributed by atoms with Crippen LogP contribution in [0.15, 0.2) is 39.7 Å². The first-order valence-corrected chi connectivity index (χ1v) is 9.63. The van der Waals surface area contributed by atoms with Crippen LogP contribution in [0.3, 0.4) is 0 Å². The second kappa shape index (κ2) is 8.33. The van der Waals surface area contributed by atoms with Crippen LogP contribution in [0.5, 0.6) is 0 Å². The van der Waals surface area contributed by atoms with Crippen LogP contribution in [0.2, 0.25) is 0 Å². The van der Waals surface area contributed by atoms with Crippen molar-refractivity contribution in [3.05, 3.63) is 47.9 Å². The van der Waals surface area contributed by atoms with E-state index >= 15 is 0 Å². The Bertz CT molecular complexity index is 922. The lowest BCUT2D eigenvalue weighted by atomic mass is 9.97. The Morgan fingerprint density at radius 1 is 1.32 bits per heavy atom. The molecule has 0 spiro atoms. The van der Waals surface area contributed by atoms with Crippen molar-refractivity contribution in [3.63, 3.8) is 0 Å². The minimum atomic E-state index is 0.145. The lowest BCUT2D eigenvalue weighted by Crippen LogP contribution is -2.39. The number of amides is 1. The zero-order valence-electron chi connectivity index (χ0n) is 15.9. The molecule has 0 N–H and O–H groups in total. The third kappa shape index (κ3) is 4.27. The molecule has 1 saturated heterocycles. The summed E-state index contributed by atoms with van der Waals surface area (Å²) in [5, 5.41) is 7.97. The maximum Gasteiger partial charge on any atom is 0.226 e. The van der Waals surface area contributed by atoms with E-state index in [1.165, 1.54) is 6.39 Å². The van der Waals surface area contributed by atoms with Crippen LogP contribution in [-0.2, 0) is 11.2 Å². The number of nitrogens with zero attached hydrogens (tertiary/aromatic N) is 5. The van der Waals surface area contributed by atoms with Gasteiger partial charge in [-0.3, -0.25) is 4.79 Å². The molecular weight excluding hydrogens is 358 g/mol. The number of piperidine rings is 1. The molecule has 8 nitrogen and oxygen atoms in total. The number of carbonyl (C=O) groups excluding carboxylic acids is 1. The summed E-state index contributed by atoms with van der Waals surface area (Å²) in [7, 11) is 0. The van der Waals surface area contributed by atoms with Gasteiger partial charge < -0.3 is 13.9 Å². The Morgan fingerprint density at radius 2 is 2.25 bits per heavy atom. The van der Waals surface area contributed by atoms with E-state index in [2.05, 4.69) is 20.3 Å². The van der Waals surface area contributed by atoms with E-state index in [9.17, 15) is 4.79 Å². The molecule has 0 radical (unpaired) electrons. The van der Waals surface area contributed by atoms with E-state index in [0.717, 1.165) is 30.5 Å². The number of benzene rings is 1. The second-order valence-corrected chi connectivity index (χ2v) is 7.20. The molecular formula is C20H23N5O3. The molecule has 1 amide bonds. The maximum absolute atomic E-state index is 12.6. The first-order valence-electron chi connectivity index (χ1n) is 9.63. The highest BCUT2D eigenvalue weighted by molar-refractivity contribution is 5.76. The fraction of sp³-hybridized carbons (Fsp3) is 0.450. The molecule has 4 rings (SSSR count). The highest BCUT2D eigenvalue weighted by atomic mass is 16.5. The molecule has 0 unspecified atom stereocenters. The van der Waals surface area contributed by atoms with Crippen molar-refractivity contribution in [1.29, 1.82) is 0 Å². The van der Waals surface area contributed by atoms with E-state index in [4.69, 9.17) is 9.05 Å². The Morgan fingerprint density at radius 3 is 3.07 bits per heavy atom. The molecule has 1 aliphatic rings. The van der Waals surface area contributed by atoms with Crippen LogP contribution in [0, 0.1) is 6.92 Å². The molecule has 28 heavy (non-hydrogen) atoms. The quantitative estimate of drug-likeness (QED) is 0.647. The van der Waals surface area contributed by atoms with Crippen molar-refractivity contribution in [2.45, 2.75) is 44.9 Å². The largest absolute Gasteiger partial charge is 0.343 e. The normalized spacial score (nSPS) is 17.0. The number of rotatable bonds is 6. The summed E-state index contributed by atoms with van der Waals surface area (Å²) in [6.07, 6.45) is 5.00. The first kappa shape index (κ1) is 18.3. The minimum Gasteiger partial charge on any atom is -0.343 e. The lowest BCUT2D eigenvalue weighted by molar-refractivity contribution is -0.132. The second-order valence-electron chi connectivity index (χ2n) is 7.20. The van der Waals surface area contributed by atoms with Crippen molar-refractivity contribution in [2.24, 2.45) is 0 Å². The van der Waals surface area contributed by atoms with E-state index in [-0.39, 0.29) is 11.8 Å². The summed E-state index contributed by atoms with van der Waals surface area (Å²) < 4.78 is 10.2. The van der Waals surface area contributed by atoms with Crippen molar-refractivity contribution in [2.75, 3.05) is 13.1 Å². The smallest absolute Gasteiger partial charge is 0.226 e. The van der Waals surface area contributed by atoms with Crippen LogP contribution in [-0.4, -0.2) is 44.2 Å². The van der Waals surface area contributed by atoms with Gasteiger partial charge in [0.2, 0.25) is 24.0 Å². The Kier molecular flexibility index (Phi) is 5.45. The topological polar surface area (TPSA) is 98.2 Å². The number of hydrogen-bond acceptors (Lipinski definition) is 7. The summed E-state index contributed by atoms with van der Waals surface area (Å²) in [5.74, 6) is 2.14.